The maximum Gasteiger partial charge on any atom is 0.319 e. The van der Waals surface area contributed by atoms with E-state index in [1.807, 2.05) is 31.2 Å². The first kappa shape index (κ1) is 20.8. The van der Waals surface area contributed by atoms with Crippen molar-refractivity contribution in [3.8, 4) is 6.01 Å². The molecule has 1 fully saturated rings. The van der Waals surface area contributed by atoms with Crippen LogP contribution in [0.1, 0.15) is 25.1 Å². The molecular weight excluding hydrogens is 372 g/mol. The van der Waals surface area contributed by atoms with Crippen LogP contribution in [0.5, 0.6) is 6.01 Å². The zero-order valence-corrected chi connectivity index (χ0v) is 17.1. The lowest BCUT2D eigenvalue weighted by molar-refractivity contribution is 0.0250. The number of anilines is 3. The smallest absolute Gasteiger partial charge is 0.319 e. The molecule has 1 aromatic carbocycles. The molecule has 0 spiro atoms. The Morgan fingerprint density at radius 1 is 1.31 bits per heavy atom. The van der Waals surface area contributed by atoms with Crippen molar-refractivity contribution in [1.29, 1.82) is 0 Å². The van der Waals surface area contributed by atoms with Crippen LogP contribution in [0.15, 0.2) is 29.4 Å². The number of ether oxygens (including phenoxy) is 2. The predicted molar refractivity (Wildman–Crippen MR) is 114 cm³/mol. The third-order valence-corrected chi connectivity index (χ3v) is 4.19. The summed E-state index contributed by atoms with van der Waals surface area (Å²) in [6.45, 7) is 8.14. The van der Waals surface area contributed by atoms with E-state index in [4.69, 9.17) is 15.2 Å². The minimum atomic E-state index is -0.989. The van der Waals surface area contributed by atoms with E-state index in [1.165, 1.54) is 0 Å². The molecule has 0 saturated carbocycles. The van der Waals surface area contributed by atoms with Crippen LogP contribution in [0, 0.1) is 6.92 Å². The van der Waals surface area contributed by atoms with Crippen LogP contribution in [0.3, 0.4) is 0 Å². The lowest BCUT2D eigenvalue weighted by Gasteiger charge is -2.28. The monoisotopic (exact) mass is 400 g/mol. The number of morpholine rings is 1. The third kappa shape index (κ3) is 6.30. The van der Waals surface area contributed by atoms with Crippen molar-refractivity contribution in [2.45, 2.75) is 26.4 Å². The van der Waals surface area contributed by atoms with Crippen LogP contribution < -0.4 is 20.8 Å². The van der Waals surface area contributed by atoms with Gasteiger partial charge in [0, 0.05) is 19.2 Å². The Balaban J connectivity index is 1.80. The fourth-order valence-corrected chi connectivity index (χ4v) is 2.69. The molecule has 1 aromatic heterocycles. The van der Waals surface area contributed by atoms with Gasteiger partial charge >= 0.3 is 6.01 Å². The molecule has 0 radical (unpaired) electrons. The summed E-state index contributed by atoms with van der Waals surface area (Å²) in [5.41, 5.74) is 10.9. The van der Waals surface area contributed by atoms with Gasteiger partial charge in [0.25, 0.3) is 0 Å². The number of nitrogens with two attached hydrogens (primary N) is 1. The zero-order valence-electron chi connectivity index (χ0n) is 17.1. The quantitative estimate of drug-likeness (QED) is 0.366. The van der Waals surface area contributed by atoms with Gasteiger partial charge in [0.1, 0.15) is 12.4 Å². The van der Waals surface area contributed by atoms with E-state index in [0.29, 0.717) is 24.6 Å². The number of hydrazone groups is 1. The van der Waals surface area contributed by atoms with Crippen molar-refractivity contribution in [2.24, 2.45) is 5.10 Å². The minimum absolute atomic E-state index is 0.0776. The largest absolute Gasteiger partial charge is 0.460 e. The highest BCUT2D eigenvalue weighted by Crippen LogP contribution is 2.20. The second-order valence-corrected chi connectivity index (χ2v) is 7.59. The van der Waals surface area contributed by atoms with E-state index < -0.39 is 5.60 Å². The molecule has 1 aliphatic heterocycles. The van der Waals surface area contributed by atoms with Crippen LogP contribution in [0.25, 0.3) is 0 Å². The molecular formula is C20H28N6O3. The molecule has 4 N–H and O–H groups in total. The number of hydrogen-bond acceptors (Lipinski definition) is 9. The highest BCUT2D eigenvalue weighted by molar-refractivity contribution is 5.80. The van der Waals surface area contributed by atoms with E-state index in [2.05, 4.69) is 25.4 Å². The Labute approximate surface area is 170 Å². The fourth-order valence-electron chi connectivity index (χ4n) is 2.69. The molecule has 0 unspecified atom stereocenters. The molecule has 0 bridgehead atoms. The summed E-state index contributed by atoms with van der Waals surface area (Å²) in [7, 11) is 0. The van der Waals surface area contributed by atoms with Crippen molar-refractivity contribution in [1.82, 2.24) is 9.97 Å². The van der Waals surface area contributed by atoms with E-state index >= 15 is 0 Å². The summed E-state index contributed by atoms with van der Waals surface area (Å²) in [4.78, 5) is 11.0. The Hall–Kier alpha value is -2.91. The number of rotatable bonds is 7. The van der Waals surface area contributed by atoms with Crippen LogP contribution in [0.4, 0.5) is 17.2 Å². The van der Waals surface area contributed by atoms with Gasteiger partial charge in [-0.1, -0.05) is 6.07 Å². The molecule has 0 aliphatic carbocycles. The van der Waals surface area contributed by atoms with Crippen LogP contribution >= 0.6 is 0 Å². The van der Waals surface area contributed by atoms with Gasteiger partial charge in [0.2, 0.25) is 0 Å². The van der Waals surface area contributed by atoms with Crippen molar-refractivity contribution in [3.63, 3.8) is 0 Å². The van der Waals surface area contributed by atoms with E-state index in [-0.39, 0.29) is 12.6 Å². The molecule has 3 rings (SSSR count). The first-order valence-electron chi connectivity index (χ1n) is 9.52. The van der Waals surface area contributed by atoms with Gasteiger partial charge in [0.15, 0.2) is 0 Å². The summed E-state index contributed by atoms with van der Waals surface area (Å²) in [5.74, 6) is 0.727. The molecule has 0 atom stereocenters. The Morgan fingerprint density at radius 2 is 2.07 bits per heavy atom. The SMILES string of the molecule is Cc1ccc(N)c(N/N=C/c2cc(N3CCOCC3)nc(OCC(C)(C)O)n2)c1. The lowest BCUT2D eigenvalue weighted by atomic mass is 10.2. The molecule has 2 aromatic rings. The van der Waals surface area contributed by atoms with Crippen molar-refractivity contribution in [3.05, 3.63) is 35.5 Å². The third-order valence-electron chi connectivity index (χ3n) is 4.19. The maximum absolute atomic E-state index is 9.93. The van der Waals surface area contributed by atoms with Crippen LogP contribution in [-0.2, 0) is 4.74 Å². The number of nitrogens with zero attached hydrogens (tertiary/aromatic N) is 4. The molecule has 156 valence electrons. The predicted octanol–water partition coefficient (Wildman–Crippen LogP) is 1.80. The van der Waals surface area contributed by atoms with Gasteiger partial charge in [0.05, 0.1) is 42.1 Å². The van der Waals surface area contributed by atoms with Gasteiger partial charge in [-0.15, -0.1) is 0 Å². The Morgan fingerprint density at radius 3 is 2.79 bits per heavy atom. The molecule has 1 saturated heterocycles. The molecule has 0 amide bonds. The highest BCUT2D eigenvalue weighted by atomic mass is 16.5. The Bertz CT molecular complexity index is 860. The van der Waals surface area contributed by atoms with Crippen LogP contribution in [-0.4, -0.2) is 59.8 Å². The van der Waals surface area contributed by atoms with Crippen molar-refractivity contribution < 1.29 is 14.6 Å². The van der Waals surface area contributed by atoms with Gasteiger partial charge in [-0.3, -0.25) is 5.43 Å². The number of aliphatic hydroxyl groups is 1. The number of aryl methyl sites for hydroxylation is 1. The summed E-state index contributed by atoms with van der Waals surface area (Å²) < 4.78 is 11.0. The minimum Gasteiger partial charge on any atom is -0.460 e. The second-order valence-electron chi connectivity index (χ2n) is 7.59. The van der Waals surface area contributed by atoms with Gasteiger partial charge in [-0.05, 0) is 38.5 Å². The molecule has 1 aliphatic rings. The highest BCUT2D eigenvalue weighted by Gasteiger charge is 2.18. The number of aromatic nitrogens is 2. The first-order valence-corrected chi connectivity index (χ1v) is 9.52. The number of nitrogen functional groups attached to an aromatic ring is 1. The van der Waals surface area contributed by atoms with Crippen LogP contribution in [0.2, 0.25) is 0 Å². The maximum atomic E-state index is 9.93. The number of nitrogens with one attached hydrogen (secondary N) is 1. The fraction of sp³-hybridized carbons (Fsp3) is 0.450. The molecule has 9 nitrogen and oxygen atoms in total. The summed E-state index contributed by atoms with van der Waals surface area (Å²) in [6.07, 6.45) is 1.59. The van der Waals surface area contributed by atoms with E-state index in [9.17, 15) is 5.11 Å². The van der Waals surface area contributed by atoms with E-state index in [0.717, 1.165) is 30.2 Å². The molecule has 9 heteroatoms. The standard InChI is InChI=1S/C20H28N6O3/c1-14-4-5-16(21)17(10-14)25-22-12-15-11-18(26-6-8-28-9-7-26)24-19(23-15)29-13-20(2,3)27/h4-5,10-12,25,27H,6-9,13,21H2,1-3H3/b22-12+. The summed E-state index contributed by atoms with van der Waals surface area (Å²) >= 11 is 0. The van der Waals surface area contributed by atoms with E-state index in [1.54, 1.807) is 20.1 Å². The summed E-state index contributed by atoms with van der Waals surface area (Å²) in [5, 5.41) is 14.2. The first-order chi connectivity index (χ1) is 13.8. The second kappa shape index (κ2) is 9.06. The average Bonchev–Trinajstić information content (AvgIpc) is 2.69. The Kier molecular flexibility index (Phi) is 6.50. The normalized spacial score (nSPS) is 15.0. The molecule has 29 heavy (non-hydrogen) atoms. The average molecular weight is 400 g/mol. The van der Waals surface area contributed by atoms with Gasteiger partial charge in [-0.25, -0.2) is 0 Å². The topological polar surface area (TPSA) is 118 Å². The number of benzene rings is 1. The summed E-state index contributed by atoms with van der Waals surface area (Å²) in [6, 6.07) is 7.72. The lowest BCUT2D eigenvalue weighted by Crippen LogP contribution is -2.37. The van der Waals surface area contributed by atoms with Gasteiger partial charge in [-0.2, -0.15) is 15.1 Å². The van der Waals surface area contributed by atoms with Crippen molar-refractivity contribution >= 4 is 23.4 Å². The zero-order chi connectivity index (χ0) is 20.9. The molecule has 2 heterocycles. The van der Waals surface area contributed by atoms with Gasteiger partial charge < -0.3 is 25.2 Å². The van der Waals surface area contributed by atoms with Crippen molar-refractivity contribution in [2.75, 3.05) is 49.0 Å². The number of hydrogen-bond donors (Lipinski definition) is 3.